The zero-order valence-electron chi connectivity index (χ0n) is 5.26. The molecule has 8 heavy (non-hydrogen) atoms. The molecule has 0 fully saturated rings. The molecule has 0 aromatic heterocycles. The Morgan fingerprint density at radius 3 is 2.62 bits per heavy atom. The predicted octanol–water partition coefficient (Wildman–Crippen LogP) is 1.91. The summed E-state index contributed by atoms with van der Waals surface area (Å²) < 4.78 is 0. The quantitative estimate of drug-likeness (QED) is 0.565. The van der Waals surface area contributed by atoms with Crippen LogP contribution in [-0.4, -0.2) is 11.9 Å². The minimum absolute atomic E-state index is 0.0386. The first kappa shape index (κ1) is 8.31. The van der Waals surface area contributed by atoms with Crippen LogP contribution in [0.3, 0.4) is 0 Å². The second kappa shape index (κ2) is 5.45. The first-order valence-electron chi connectivity index (χ1n) is 3.07. The van der Waals surface area contributed by atoms with E-state index in [4.69, 9.17) is 0 Å². The van der Waals surface area contributed by atoms with Crippen LogP contribution in [0.25, 0.3) is 0 Å². The van der Waals surface area contributed by atoms with Gasteiger partial charge in [0.1, 0.15) is 0 Å². The van der Waals surface area contributed by atoms with E-state index >= 15 is 0 Å². The summed E-state index contributed by atoms with van der Waals surface area (Å²) in [5, 5.41) is 10.2. The van der Waals surface area contributed by atoms with Gasteiger partial charge in [-0.15, -0.1) is 0 Å². The number of unbranched alkanes of at least 4 members (excludes halogenated alkanes) is 1. The van der Waals surface area contributed by atoms with E-state index in [1.54, 1.807) is 0 Å². The maximum Gasteiger partial charge on any atom is 0.0938 e. The van der Waals surface area contributed by atoms with E-state index in [2.05, 4.69) is 19.6 Å². The Bertz CT molecular complexity index is 47.8. The molecule has 1 unspecified atom stereocenters. The number of hydrogen-bond acceptors (Lipinski definition) is 1. The molecule has 1 nitrogen and oxygen atoms in total. The smallest absolute Gasteiger partial charge is 0.0938 e. The van der Waals surface area contributed by atoms with Crippen molar-refractivity contribution in [1.82, 2.24) is 0 Å². The fourth-order valence-electron chi connectivity index (χ4n) is 0.523. The molecule has 0 aliphatic rings. The lowest BCUT2D eigenvalue weighted by Gasteiger charge is -2.01. The average molecular weight is 133 g/mol. The summed E-state index contributed by atoms with van der Waals surface area (Å²) in [6.45, 7) is 2.08. The van der Waals surface area contributed by atoms with Crippen molar-refractivity contribution < 1.29 is 5.11 Å². The first-order chi connectivity index (χ1) is 3.81. The van der Waals surface area contributed by atoms with E-state index in [9.17, 15) is 5.11 Å². The van der Waals surface area contributed by atoms with Crippen LogP contribution < -0.4 is 0 Å². The summed E-state index contributed by atoms with van der Waals surface area (Å²) in [7, 11) is 0. The minimum atomic E-state index is -0.0386. The zero-order chi connectivity index (χ0) is 6.41. The van der Waals surface area contributed by atoms with Crippen LogP contribution in [0.4, 0.5) is 0 Å². The fourth-order valence-corrected chi connectivity index (χ4v) is 0.706. The van der Waals surface area contributed by atoms with E-state index < -0.39 is 0 Å². The van der Waals surface area contributed by atoms with Crippen LogP contribution in [0.5, 0.6) is 0 Å². The third-order valence-corrected chi connectivity index (χ3v) is 1.49. The molecule has 0 N–H and O–H groups in total. The van der Waals surface area contributed by atoms with Crippen LogP contribution in [0, 0.1) is 0 Å². The van der Waals surface area contributed by atoms with Gasteiger partial charge in [-0.2, -0.15) is 12.6 Å². The van der Waals surface area contributed by atoms with Crippen LogP contribution in [-0.2, 0) is 5.11 Å². The molecule has 1 radical (unpaired) electrons. The van der Waals surface area contributed by atoms with Crippen molar-refractivity contribution in [1.29, 1.82) is 0 Å². The highest BCUT2D eigenvalue weighted by Gasteiger charge is 1.98. The van der Waals surface area contributed by atoms with Crippen LogP contribution in [0.1, 0.15) is 26.2 Å². The third-order valence-electron chi connectivity index (χ3n) is 1.08. The highest BCUT2D eigenvalue weighted by Crippen LogP contribution is 2.04. The fraction of sp³-hybridized carbons (Fsp3) is 1.00. The molecular formula is C6H13OS. The minimum Gasteiger partial charge on any atom is -0.236 e. The lowest BCUT2D eigenvalue weighted by Crippen LogP contribution is -2.01. The summed E-state index contributed by atoms with van der Waals surface area (Å²) in [6.07, 6.45) is 3.27. The van der Waals surface area contributed by atoms with E-state index in [-0.39, 0.29) is 11.9 Å². The Morgan fingerprint density at radius 1 is 1.62 bits per heavy atom. The predicted molar refractivity (Wildman–Crippen MR) is 37.9 cm³/mol. The van der Waals surface area contributed by atoms with E-state index in [0.29, 0.717) is 0 Å². The largest absolute Gasteiger partial charge is 0.236 e. The van der Waals surface area contributed by atoms with Gasteiger partial charge in [-0.25, -0.2) is 5.11 Å². The van der Waals surface area contributed by atoms with Crippen LogP contribution >= 0.6 is 12.6 Å². The van der Waals surface area contributed by atoms with Gasteiger partial charge in [0.2, 0.25) is 0 Å². The van der Waals surface area contributed by atoms with Crippen LogP contribution in [0.2, 0.25) is 0 Å². The second-order valence-corrected chi connectivity index (χ2v) is 2.69. The summed E-state index contributed by atoms with van der Waals surface area (Å²) in [5.41, 5.74) is 0. The molecular weight excluding hydrogens is 120 g/mol. The van der Waals surface area contributed by atoms with Gasteiger partial charge in [-0.05, 0) is 6.42 Å². The molecule has 0 saturated carbocycles. The van der Waals surface area contributed by atoms with Crippen molar-refractivity contribution in [2.75, 3.05) is 6.61 Å². The van der Waals surface area contributed by atoms with E-state index in [1.165, 1.54) is 0 Å². The van der Waals surface area contributed by atoms with Crippen molar-refractivity contribution in [3.05, 3.63) is 0 Å². The first-order valence-corrected chi connectivity index (χ1v) is 3.59. The summed E-state index contributed by atoms with van der Waals surface area (Å²) >= 11 is 4.05. The van der Waals surface area contributed by atoms with E-state index in [1.807, 2.05) is 0 Å². The Kier molecular flexibility index (Phi) is 5.66. The van der Waals surface area contributed by atoms with Crippen molar-refractivity contribution in [2.24, 2.45) is 0 Å². The summed E-state index contributed by atoms with van der Waals surface area (Å²) in [4.78, 5) is 0. The Hall–Kier alpha value is 0.310. The van der Waals surface area contributed by atoms with Crippen molar-refractivity contribution in [3.63, 3.8) is 0 Å². The number of rotatable bonds is 4. The average Bonchev–Trinajstić information content (AvgIpc) is 1.83. The van der Waals surface area contributed by atoms with Crippen molar-refractivity contribution in [3.8, 4) is 0 Å². The molecule has 0 aliphatic carbocycles. The van der Waals surface area contributed by atoms with Gasteiger partial charge < -0.3 is 0 Å². The monoisotopic (exact) mass is 133 g/mol. The lowest BCUT2D eigenvalue weighted by atomic mass is 10.2. The maximum absolute atomic E-state index is 10.1. The van der Waals surface area contributed by atoms with Gasteiger partial charge in [-0.1, -0.05) is 19.8 Å². The Morgan fingerprint density at radius 2 is 2.25 bits per heavy atom. The molecule has 1 atom stereocenters. The zero-order valence-corrected chi connectivity index (χ0v) is 6.16. The molecule has 0 heterocycles. The van der Waals surface area contributed by atoms with Crippen molar-refractivity contribution in [2.45, 2.75) is 31.4 Å². The molecule has 0 amide bonds. The Labute approximate surface area is 56.5 Å². The lowest BCUT2D eigenvalue weighted by molar-refractivity contribution is 0.191. The highest BCUT2D eigenvalue weighted by molar-refractivity contribution is 7.81. The standard InChI is InChI=1S/C6H13OS/c1-2-3-4-6(8)5-7/h6,8H,2-5H2,1H3. The molecule has 2 heteroatoms. The molecule has 0 aliphatic heterocycles. The van der Waals surface area contributed by atoms with Gasteiger partial charge in [0.05, 0.1) is 6.61 Å². The Balaban J connectivity index is 2.86. The molecule has 0 rings (SSSR count). The molecule has 0 spiro atoms. The topological polar surface area (TPSA) is 19.9 Å². The number of hydrogen-bond donors (Lipinski definition) is 1. The van der Waals surface area contributed by atoms with Crippen LogP contribution in [0.15, 0.2) is 0 Å². The highest BCUT2D eigenvalue weighted by atomic mass is 32.1. The van der Waals surface area contributed by atoms with Gasteiger partial charge in [0, 0.05) is 5.25 Å². The molecule has 0 aromatic carbocycles. The van der Waals surface area contributed by atoms with Gasteiger partial charge >= 0.3 is 0 Å². The van der Waals surface area contributed by atoms with Gasteiger partial charge in [-0.3, -0.25) is 0 Å². The number of thiol groups is 1. The molecule has 0 bridgehead atoms. The second-order valence-electron chi connectivity index (χ2n) is 1.96. The third kappa shape index (κ3) is 4.47. The maximum atomic E-state index is 10.1. The SMILES string of the molecule is CCCCC(S)C[O]. The van der Waals surface area contributed by atoms with Gasteiger partial charge in [0.15, 0.2) is 0 Å². The molecule has 0 aromatic rings. The summed E-state index contributed by atoms with van der Waals surface area (Å²) in [5.74, 6) is 0. The molecule has 0 saturated heterocycles. The normalized spacial score (nSPS) is 13.9. The van der Waals surface area contributed by atoms with Gasteiger partial charge in [0.25, 0.3) is 0 Å². The van der Waals surface area contributed by atoms with Crippen molar-refractivity contribution >= 4 is 12.6 Å². The van der Waals surface area contributed by atoms with E-state index in [0.717, 1.165) is 19.3 Å². The summed E-state index contributed by atoms with van der Waals surface area (Å²) in [6, 6.07) is 0. The molecule has 49 valence electrons.